The van der Waals surface area contributed by atoms with E-state index in [1.54, 1.807) is 7.11 Å². The molecule has 4 rings (SSSR count). The molecule has 2 aliphatic heterocycles. The fourth-order valence-electron chi connectivity index (χ4n) is 4.69. The maximum absolute atomic E-state index is 11.6. The lowest BCUT2D eigenvalue weighted by Gasteiger charge is -2.45. The van der Waals surface area contributed by atoms with Crippen LogP contribution in [-0.4, -0.2) is 37.5 Å². The average Bonchev–Trinajstić information content (AvgIpc) is 2.88. The normalized spacial score (nSPS) is 56.4. The third-order valence-electron chi connectivity index (χ3n) is 5.61. The van der Waals surface area contributed by atoms with Gasteiger partial charge in [-0.2, -0.15) is 0 Å². The van der Waals surface area contributed by atoms with E-state index < -0.39 is 0 Å². The van der Waals surface area contributed by atoms with Gasteiger partial charge < -0.3 is 14.2 Å². The third-order valence-corrected chi connectivity index (χ3v) is 5.61. The fraction of sp³-hybridized carbons (Fsp3) is 0.786. The molecule has 2 aliphatic carbocycles. The van der Waals surface area contributed by atoms with Crippen molar-refractivity contribution >= 4 is 5.97 Å². The predicted octanol–water partition coefficient (Wildman–Crippen LogP) is 1.15. The summed E-state index contributed by atoms with van der Waals surface area (Å²) < 4.78 is 17.1. The second kappa shape index (κ2) is 3.36. The van der Waals surface area contributed by atoms with Crippen LogP contribution in [0.25, 0.3) is 0 Å². The van der Waals surface area contributed by atoms with E-state index in [9.17, 15) is 4.79 Å². The quantitative estimate of drug-likeness (QED) is 0.545. The molecule has 0 radical (unpaired) electrons. The van der Waals surface area contributed by atoms with E-state index in [1.165, 1.54) is 0 Å². The van der Waals surface area contributed by atoms with Crippen molar-refractivity contribution in [2.75, 3.05) is 13.7 Å². The van der Waals surface area contributed by atoms with E-state index in [4.69, 9.17) is 14.2 Å². The second-order valence-corrected chi connectivity index (χ2v) is 6.03. The topological polar surface area (TPSA) is 44.8 Å². The van der Waals surface area contributed by atoms with Gasteiger partial charge in [-0.05, 0) is 24.7 Å². The summed E-state index contributed by atoms with van der Waals surface area (Å²) >= 11 is 0. The van der Waals surface area contributed by atoms with Crippen molar-refractivity contribution in [2.24, 2.45) is 23.7 Å². The zero-order valence-corrected chi connectivity index (χ0v) is 10.5. The first-order valence-corrected chi connectivity index (χ1v) is 6.71. The molecular formula is C14H18O4. The van der Waals surface area contributed by atoms with Crippen LogP contribution in [0.4, 0.5) is 0 Å². The highest BCUT2D eigenvalue weighted by atomic mass is 16.6. The molecular weight excluding hydrogens is 232 g/mol. The minimum absolute atomic E-state index is 0.0143. The minimum Gasteiger partial charge on any atom is -0.462 e. The molecule has 0 aromatic heterocycles. The molecule has 0 aromatic carbocycles. The predicted molar refractivity (Wildman–Crippen MR) is 62.8 cm³/mol. The maximum Gasteiger partial charge on any atom is 0.312 e. The Labute approximate surface area is 106 Å². The van der Waals surface area contributed by atoms with Gasteiger partial charge in [0.05, 0.1) is 18.1 Å². The van der Waals surface area contributed by atoms with Crippen molar-refractivity contribution < 1.29 is 19.0 Å². The SMILES string of the molecule is C=C[C@H]1[C@H]2O[C@]34COC(=O)[C@H]3C[C@@H]4[C@H]2C[C@@H]1OC. The molecule has 0 aromatic rings. The summed E-state index contributed by atoms with van der Waals surface area (Å²) in [6, 6.07) is 0. The molecule has 7 atom stereocenters. The van der Waals surface area contributed by atoms with Gasteiger partial charge in [-0.25, -0.2) is 0 Å². The van der Waals surface area contributed by atoms with Crippen LogP contribution in [0.2, 0.25) is 0 Å². The summed E-state index contributed by atoms with van der Waals surface area (Å²) in [5, 5.41) is 0. The zero-order chi connectivity index (χ0) is 12.5. The lowest BCUT2D eigenvalue weighted by Crippen LogP contribution is -2.55. The van der Waals surface area contributed by atoms with Crippen LogP contribution in [0.3, 0.4) is 0 Å². The molecule has 98 valence electrons. The Kier molecular flexibility index (Phi) is 2.06. The molecule has 2 saturated heterocycles. The van der Waals surface area contributed by atoms with E-state index in [2.05, 4.69) is 6.58 Å². The van der Waals surface area contributed by atoms with Crippen molar-refractivity contribution in [1.29, 1.82) is 0 Å². The van der Waals surface area contributed by atoms with E-state index in [1.807, 2.05) is 6.08 Å². The maximum atomic E-state index is 11.6. The van der Waals surface area contributed by atoms with Crippen LogP contribution >= 0.6 is 0 Å². The highest BCUT2D eigenvalue weighted by molar-refractivity contribution is 5.78. The Morgan fingerprint density at radius 3 is 3.00 bits per heavy atom. The van der Waals surface area contributed by atoms with Crippen LogP contribution < -0.4 is 0 Å². The lowest BCUT2D eigenvalue weighted by molar-refractivity contribution is -0.156. The van der Waals surface area contributed by atoms with Gasteiger partial charge >= 0.3 is 5.97 Å². The number of ether oxygens (including phenoxy) is 3. The summed E-state index contributed by atoms with van der Waals surface area (Å²) in [6.45, 7) is 4.37. The molecule has 4 fully saturated rings. The minimum atomic E-state index is -0.299. The highest BCUT2D eigenvalue weighted by Crippen LogP contribution is 2.64. The molecule has 18 heavy (non-hydrogen) atoms. The molecule has 4 heteroatoms. The second-order valence-electron chi connectivity index (χ2n) is 6.03. The molecule has 0 amide bonds. The van der Waals surface area contributed by atoms with Gasteiger partial charge in [0, 0.05) is 13.0 Å². The van der Waals surface area contributed by atoms with Crippen LogP contribution in [-0.2, 0) is 19.0 Å². The standard InChI is InChI=1S/C14H18O4/c1-3-7-11(16-2)4-8-9-5-10-13(15)17-6-14(9,10)18-12(7)8/h3,7-12H,1,4-6H2,2H3/t7-,8-,9-,10-,11+,12-,14+/m1/s1. The van der Waals surface area contributed by atoms with E-state index in [0.29, 0.717) is 18.4 Å². The van der Waals surface area contributed by atoms with Crippen LogP contribution in [0.15, 0.2) is 12.7 Å². The van der Waals surface area contributed by atoms with Gasteiger partial charge in [0.2, 0.25) is 0 Å². The van der Waals surface area contributed by atoms with Crippen LogP contribution in [0.5, 0.6) is 0 Å². The van der Waals surface area contributed by atoms with Gasteiger partial charge in [0.25, 0.3) is 0 Å². The molecule has 2 heterocycles. The van der Waals surface area contributed by atoms with Crippen molar-refractivity contribution in [1.82, 2.24) is 0 Å². The first-order chi connectivity index (χ1) is 8.71. The van der Waals surface area contributed by atoms with Gasteiger partial charge in [0.15, 0.2) is 0 Å². The zero-order valence-electron chi connectivity index (χ0n) is 10.5. The third kappa shape index (κ3) is 1.03. The number of methoxy groups -OCH3 is 1. The van der Waals surface area contributed by atoms with Gasteiger partial charge in [-0.15, -0.1) is 6.58 Å². The molecule has 0 unspecified atom stereocenters. The van der Waals surface area contributed by atoms with E-state index in [-0.39, 0.29) is 35.6 Å². The number of carbonyl (C=O) groups excluding carboxylic acids is 1. The Bertz CT molecular complexity index is 420. The number of esters is 1. The van der Waals surface area contributed by atoms with Gasteiger partial charge in [-0.1, -0.05) is 6.08 Å². The first-order valence-electron chi connectivity index (χ1n) is 6.71. The number of hydrogen-bond donors (Lipinski definition) is 0. The fourth-order valence-corrected chi connectivity index (χ4v) is 4.69. The number of rotatable bonds is 2. The number of carbonyl (C=O) groups is 1. The molecule has 0 N–H and O–H groups in total. The largest absolute Gasteiger partial charge is 0.462 e. The molecule has 0 bridgehead atoms. The Morgan fingerprint density at radius 1 is 1.50 bits per heavy atom. The first kappa shape index (κ1) is 11.0. The molecule has 2 saturated carbocycles. The van der Waals surface area contributed by atoms with Crippen molar-refractivity contribution in [3.63, 3.8) is 0 Å². The smallest absolute Gasteiger partial charge is 0.312 e. The molecule has 4 aliphatic rings. The monoisotopic (exact) mass is 250 g/mol. The molecule has 4 nitrogen and oxygen atoms in total. The summed E-state index contributed by atoms with van der Waals surface area (Å²) in [5.41, 5.74) is -0.299. The Balaban J connectivity index is 1.64. The lowest BCUT2D eigenvalue weighted by atomic mass is 9.59. The summed E-state index contributed by atoms with van der Waals surface area (Å²) in [5.74, 6) is 1.14. The Morgan fingerprint density at radius 2 is 2.33 bits per heavy atom. The van der Waals surface area contributed by atoms with Gasteiger partial charge in [-0.3, -0.25) is 4.79 Å². The summed E-state index contributed by atoms with van der Waals surface area (Å²) in [6.07, 6.45) is 4.28. The number of cyclic esters (lactones) is 1. The van der Waals surface area contributed by atoms with Crippen molar-refractivity contribution in [3.8, 4) is 0 Å². The number of hydrogen-bond acceptors (Lipinski definition) is 4. The summed E-state index contributed by atoms with van der Waals surface area (Å²) in [4.78, 5) is 11.6. The number of fused-ring (bicyclic) bond motifs is 2. The van der Waals surface area contributed by atoms with Crippen LogP contribution in [0, 0.1) is 23.7 Å². The summed E-state index contributed by atoms with van der Waals surface area (Å²) in [7, 11) is 1.75. The average molecular weight is 250 g/mol. The van der Waals surface area contributed by atoms with E-state index >= 15 is 0 Å². The van der Waals surface area contributed by atoms with Crippen molar-refractivity contribution in [2.45, 2.75) is 30.7 Å². The van der Waals surface area contributed by atoms with Crippen LogP contribution in [0.1, 0.15) is 12.8 Å². The molecule has 1 spiro atoms. The van der Waals surface area contributed by atoms with E-state index in [0.717, 1.165) is 12.8 Å². The highest BCUT2D eigenvalue weighted by Gasteiger charge is 2.74. The van der Waals surface area contributed by atoms with Gasteiger partial charge in [0.1, 0.15) is 12.2 Å². The Hall–Kier alpha value is -0.870. The van der Waals surface area contributed by atoms with Crippen molar-refractivity contribution in [3.05, 3.63) is 12.7 Å².